The van der Waals surface area contributed by atoms with Crippen molar-refractivity contribution >= 4 is 0 Å². The van der Waals surface area contributed by atoms with Gasteiger partial charge in [0, 0.05) is 0 Å². The molecule has 2 aromatic carbocycles. The van der Waals surface area contributed by atoms with E-state index < -0.39 is 0 Å². The van der Waals surface area contributed by atoms with E-state index in [0.29, 0.717) is 5.41 Å². The number of hydrogen-bond acceptors (Lipinski definition) is 0. The summed E-state index contributed by atoms with van der Waals surface area (Å²) in [5.74, 6) is 0. The van der Waals surface area contributed by atoms with Crippen LogP contribution >= 0.6 is 0 Å². The molecule has 0 spiro atoms. The molecule has 1 saturated carbocycles. The molecule has 0 aliphatic heterocycles. The van der Waals surface area contributed by atoms with Gasteiger partial charge in [-0.15, -0.1) is 0 Å². The summed E-state index contributed by atoms with van der Waals surface area (Å²) in [7, 11) is 0. The fourth-order valence-electron chi connectivity index (χ4n) is 2.90. The summed E-state index contributed by atoms with van der Waals surface area (Å²) < 4.78 is 0. The molecule has 3 rings (SSSR count). The molecule has 1 radical (unpaired) electrons. The second kappa shape index (κ2) is 4.37. The molecular weight excluding hydrogens is 204 g/mol. The third kappa shape index (κ3) is 2.00. The minimum absolute atomic E-state index is 0.399. The zero-order valence-corrected chi connectivity index (χ0v) is 10.0. The average Bonchev–Trinajstić information content (AvgIpc) is 2.36. The minimum Gasteiger partial charge on any atom is -0.0622 e. The van der Waals surface area contributed by atoms with E-state index in [1.165, 1.54) is 36.8 Å². The van der Waals surface area contributed by atoms with E-state index in [1.807, 2.05) is 12.1 Å². The normalized spacial score (nSPS) is 17.4. The van der Waals surface area contributed by atoms with E-state index in [2.05, 4.69) is 48.5 Å². The van der Waals surface area contributed by atoms with Gasteiger partial charge in [-0.05, 0) is 41.9 Å². The quantitative estimate of drug-likeness (QED) is 0.730. The Morgan fingerprint density at radius 2 is 1.65 bits per heavy atom. The summed E-state index contributed by atoms with van der Waals surface area (Å²) in [4.78, 5) is 0. The highest BCUT2D eigenvalue weighted by molar-refractivity contribution is 5.31. The molecule has 17 heavy (non-hydrogen) atoms. The summed E-state index contributed by atoms with van der Waals surface area (Å²) in [6, 6.07) is 22.5. The van der Waals surface area contributed by atoms with Crippen LogP contribution in [0.3, 0.4) is 0 Å². The van der Waals surface area contributed by atoms with Crippen molar-refractivity contribution in [3.05, 3.63) is 71.8 Å². The van der Waals surface area contributed by atoms with Gasteiger partial charge in [0.05, 0.1) is 0 Å². The lowest BCUT2D eigenvalue weighted by Gasteiger charge is -2.43. The van der Waals surface area contributed by atoms with Gasteiger partial charge in [0.25, 0.3) is 0 Å². The summed E-state index contributed by atoms with van der Waals surface area (Å²) in [5.41, 5.74) is 3.35. The third-order valence-corrected chi connectivity index (χ3v) is 4.03. The highest BCUT2D eigenvalue weighted by Crippen LogP contribution is 2.46. The number of hydrogen-bond donors (Lipinski definition) is 0. The summed E-state index contributed by atoms with van der Waals surface area (Å²) >= 11 is 0. The summed E-state index contributed by atoms with van der Waals surface area (Å²) in [6.07, 6.45) is 5.20. The van der Waals surface area contributed by atoms with Crippen LogP contribution < -0.4 is 0 Å². The first-order chi connectivity index (χ1) is 8.39. The van der Waals surface area contributed by atoms with Crippen LogP contribution in [-0.2, 0) is 11.8 Å². The average molecular weight is 221 g/mol. The van der Waals surface area contributed by atoms with Gasteiger partial charge in [0.15, 0.2) is 0 Å². The zero-order chi connectivity index (χ0) is 11.6. The number of rotatable bonds is 3. The maximum atomic E-state index is 3.12. The standard InChI is InChI=1S/C17H17/c1-3-8-15(9-4-1)14-17(12-7-13-17)16-10-5-2-6-11-16/h1,3-6,8-11H,7,12-14H2. The van der Waals surface area contributed by atoms with Crippen LogP contribution in [0.1, 0.15) is 30.4 Å². The Kier molecular flexibility index (Phi) is 2.72. The largest absolute Gasteiger partial charge is 0.0622 e. The lowest BCUT2D eigenvalue weighted by Crippen LogP contribution is -2.36. The van der Waals surface area contributed by atoms with Gasteiger partial charge in [-0.3, -0.25) is 0 Å². The highest BCUT2D eigenvalue weighted by atomic mass is 14.4. The van der Waals surface area contributed by atoms with Crippen LogP contribution in [0, 0.1) is 6.07 Å². The monoisotopic (exact) mass is 221 g/mol. The predicted octanol–water partition coefficient (Wildman–Crippen LogP) is 4.15. The fraction of sp³-hybridized carbons (Fsp3) is 0.294. The second-order valence-electron chi connectivity index (χ2n) is 5.08. The molecule has 0 bridgehead atoms. The lowest BCUT2D eigenvalue weighted by molar-refractivity contribution is 0.242. The van der Waals surface area contributed by atoms with Gasteiger partial charge in [-0.1, -0.05) is 61.0 Å². The van der Waals surface area contributed by atoms with E-state index in [1.54, 1.807) is 0 Å². The molecule has 0 heteroatoms. The first-order valence-electron chi connectivity index (χ1n) is 6.40. The van der Waals surface area contributed by atoms with Crippen LogP contribution in [0.5, 0.6) is 0 Å². The van der Waals surface area contributed by atoms with Gasteiger partial charge in [0.2, 0.25) is 0 Å². The van der Waals surface area contributed by atoms with Crippen molar-refractivity contribution in [1.82, 2.24) is 0 Å². The predicted molar refractivity (Wildman–Crippen MR) is 71.0 cm³/mol. The molecule has 0 nitrogen and oxygen atoms in total. The van der Waals surface area contributed by atoms with Crippen molar-refractivity contribution in [2.75, 3.05) is 0 Å². The van der Waals surface area contributed by atoms with Gasteiger partial charge in [-0.2, -0.15) is 0 Å². The van der Waals surface area contributed by atoms with Crippen LogP contribution in [0.15, 0.2) is 54.6 Å². The van der Waals surface area contributed by atoms with Crippen molar-refractivity contribution < 1.29 is 0 Å². The molecule has 1 fully saturated rings. The molecule has 0 amide bonds. The molecular formula is C17H17. The summed E-state index contributed by atoms with van der Waals surface area (Å²) in [5, 5.41) is 0. The smallest absolute Gasteiger partial charge is 0.000663 e. The fourth-order valence-corrected chi connectivity index (χ4v) is 2.90. The van der Waals surface area contributed by atoms with Crippen molar-refractivity contribution in [2.24, 2.45) is 0 Å². The maximum absolute atomic E-state index is 3.12. The second-order valence-corrected chi connectivity index (χ2v) is 5.08. The van der Waals surface area contributed by atoms with E-state index in [4.69, 9.17) is 0 Å². The van der Waals surface area contributed by atoms with Gasteiger partial charge in [0.1, 0.15) is 0 Å². The Balaban J connectivity index is 1.89. The first-order valence-corrected chi connectivity index (χ1v) is 6.40. The molecule has 0 unspecified atom stereocenters. The van der Waals surface area contributed by atoms with Crippen molar-refractivity contribution in [2.45, 2.75) is 31.1 Å². The van der Waals surface area contributed by atoms with Crippen molar-refractivity contribution in [3.8, 4) is 0 Å². The van der Waals surface area contributed by atoms with Gasteiger partial charge >= 0.3 is 0 Å². The molecule has 0 heterocycles. The van der Waals surface area contributed by atoms with Crippen LogP contribution in [0.4, 0.5) is 0 Å². The van der Waals surface area contributed by atoms with E-state index >= 15 is 0 Å². The van der Waals surface area contributed by atoms with Crippen LogP contribution in [-0.4, -0.2) is 0 Å². The molecule has 1 aliphatic rings. The lowest BCUT2D eigenvalue weighted by atomic mass is 9.61. The van der Waals surface area contributed by atoms with E-state index in [0.717, 1.165) is 0 Å². The molecule has 85 valence electrons. The molecule has 0 atom stereocenters. The van der Waals surface area contributed by atoms with E-state index in [9.17, 15) is 0 Å². The Morgan fingerprint density at radius 3 is 2.24 bits per heavy atom. The minimum atomic E-state index is 0.399. The molecule has 1 aliphatic carbocycles. The van der Waals surface area contributed by atoms with Gasteiger partial charge in [-0.25, -0.2) is 0 Å². The summed E-state index contributed by atoms with van der Waals surface area (Å²) in [6.45, 7) is 0. The Bertz CT molecular complexity index is 466. The van der Waals surface area contributed by atoms with Crippen LogP contribution in [0.2, 0.25) is 0 Å². The van der Waals surface area contributed by atoms with Crippen molar-refractivity contribution in [3.63, 3.8) is 0 Å². The Labute approximate surface area is 103 Å². The van der Waals surface area contributed by atoms with Gasteiger partial charge < -0.3 is 0 Å². The topological polar surface area (TPSA) is 0 Å². The molecule has 2 aromatic rings. The molecule has 0 aromatic heterocycles. The highest BCUT2D eigenvalue weighted by Gasteiger charge is 2.38. The Hall–Kier alpha value is -1.56. The van der Waals surface area contributed by atoms with Crippen molar-refractivity contribution in [1.29, 1.82) is 0 Å². The molecule has 0 saturated heterocycles. The Morgan fingerprint density at radius 1 is 0.941 bits per heavy atom. The zero-order valence-electron chi connectivity index (χ0n) is 10.0. The van der Waals surface area contributed by atoms with E-state index in [-0.39, 0.29) is 0 Å². The third-order valence-electron chi connectivity index (χ3n) is 4.03. The SMILES string of the molecule is [c]1ccc(C2(Cc3ccccc3)CCC2)cc1. The molecule has 0 N–H and O–H groups in total. The first kappa shape index (κ1) is 10.6. The number of benzene rings is 2. The van der Waals surface area contributed by atoms with Crippen LogP contribution in [0.25, 0.3) is 0 Å². The maximum Gasteiger partial charge on any atom is -0.000663 e.